The molecule has 1 aliphatic heterocycles. The molecule has 2 rings (SSSR count). The lowest BCUT2D eigenvalue weighted by Crippen LogP contribution is -2.51. The second kappa shape index (κ2) is 9.83. The smallest absolute Gasteiger partial charge is 0.326 e. The summed E-state index contributed by atoms with van der Waals surface area (Å²) in [5.41, 5.74) is 0.0941. The minimum absolute atomic E-state index is 0.194. The van der Waals surface area contributed by atoms with Crippen molar-refractivity contribution in [3.8, 4) is 0 Å². The summed E-state index contributed by atoms with van der Waals surface area (Å²) in [4.78, 5) is 52.3. The second-order valence-electron chi connectivity index (χ2n) is 9.55. The Bertz CT molecular complexity index is 737. The Balaban J connectivity index is 1.91. The van der Waals surface area contributed by atoms with Gasteiger partial charge in [-0.2, -0.15) is 0 Å². The van der Waals surface area contributed by atoms with Crippen molar-refractivity contribution in [1.82, 2.24) is 15.1 Å². The standard InChI is InChI=1S/C23H37N3O5/c1-7-22(5,6)17-9-11-23(12-10-17)20(29)26(21(30)24-23)14-19(28)31-15-18(27)25(8-2)13-16(3)4/h17H,3,7-15H2,1-2,4-6H3,(H,24,30). The number of nitrogens with zero attached hydrogens (tertiary/aromatic N) is 2. The van der Waals surface area contributed by atoms with Crippen LogP contribution in [0.4, 0.5) is 4.79 Å². The molecule has 0 aromatic heterocycles. The number of nitrogens with one attached hydrogen (secondary N) is 1. The highest BCUT2D eigenvalue weighted by Gasteiger charge is 2.53. The molecule has 0 unspecified atom stereocenters. The number of carbonyl (C=O) groups excluding carboxylic acids is 4. The highest BCUT2D eigenvalue weighted by atomic mass is 16.5. The van der Waals surface area contributed by atoms with Crippen LogP contribution in [-0.2, 0) is 19.1 Å². The Morgan fingerprint density at radius 3 is 2.39 bits per heavy atom. The number of imide groups is 1. The Kier molecular flexibility index (Phi) is 7.89. The van der Waals surface area contributed by atoms with Gasteiger partial charge in [-0.3, -0.25) is 19.3 Å². The lowest BCUT2D eigenvalue weighted by Gasteiger charge is -2.42. The van der Waals surface area contributed by atoms with Crippen molar-refractivity contribution < 1.29 is 23.9 Å². The van der Waals surface area contributed by atoms with Gasteiger partial charge in [-0.15, -0.1) is 0 Å². The van der Waals surface area contributed by atoms with Gasteiger partial charge < -0.3 is 15.0 Å². The van der Waals surface area contributed by atoms with E-state index in [0.29, 0.717) is 31.8 Å². The van der Waals surface area contributed by atoms with E-state index in [0.717, 1.165) is 29.7 Å². The van der Waals surface area contributed by atoms with Crippen LogP contribution in [0.2, 0.25) is 0 Å². The molecule has 0 aromatic carbocycles. The van der Waals surface area contributed by atoms with Crippen molar-refractivity contribution in [2.45, 2.75) is 72.3 Å². The normalized spacial score (nSPS) is 23.6. The zero-order valence-corrected chi connectivity index (χ0v) is 19.6. The fourth-order valence-electron chi connectivity index (χ4n) is 4.45. The van der Waals surface area contributed by atoms with Gasteiger partial charge in [0.15, 0.2) is 6.61 Å². The van der Waals surface area contributed by atoms with Crippen LogP contribution in [-0.4, -0.2) is 65.4 Å². The summed E-state index contributed by atoms with van der Waals surface area (Å²) in [5, 5.41) is 2.82. The second-order valence-corrected chi connectivity index (χ2v) is 9.55. The predicted octanol–water partition coefficient (Wildman–Crippen LogP) is 2.87. The maximum absolute atomic E-state index is 13.0. The average molecular weight is 436 g/mol. The molecule has 1 saturated heterocycles. The first-order chi connectivity index (χ1) is 14.5. The minimum Gasteiger partial charge on any atom is -0.454 e. The lowest BCUT2D eigenvalue weighted by molar-refractivity contribution is -0.153. The molecule has 8 heteroatoms. The van der Waals surface area contributed by atoms with Gasteiger partial charge in [0.25, 0.3) is 11.8 Å². The highest BCUT2D eigenvalue weighted by Crippen LogP contribution is 2.45. The molecule has 0 radical (unpaired) electrons. The van der Waals surface area contributed by atoms with Crippen molar-refractivity contribution >= 4 is 23.8 Å². The van der Waals surface area contributed by atoms with E-state index in [-0.39, 0.29) is 17.2 Å². The van der Waals surface area contributed by atoms with E-state index in [4.69, 9.17) is 4.74 Å². The van der Waals surface area contributed by atoms with Crippen molar-refractivity contribution in [2.75, 3.05) is 26.2 Å². The van der Waals surface area contributed by atoms with Crippen LogP contribution >= 0.6 is 0 Å². The van der Waals surface area contributed by atoms with E-state index in [9.17, 15) is 19.2 Å². The molecule has 0 aromatic rings. The van der Waals surface area contributed by atoms with Crippen LogP contribution in [0.1, 0.15) is 66.7 Å². The van der Waals surface area contributed by atoms with Gasteiger partial charge in [0, 0.05) is 13.1 Å². The van der Waals surface area contributed by atoms with Gasteiger partial charge in [0.1, 0.15) is 12.1 Å². The molecule has 0 bridgehead atoms. The van der Waals surface area contributed by atoms with Crippen LogP contribution < -0.4 is 5.32 Å². The molecular formula is C23H37N3O5. The fourth-order valence-corrected chi connectivity index (χ4v) is 4.45. The molecule has 1 heterocycles. The molecule has 31 heavy (non-hydrogen) atoms. The topological polar surface area (TPSA) is 96.0 Å². The first-order valence-electron chi connectivity index (χ1n) is 11.2. The van der Waals surface area contributed by atoms with Crippen LogP contribution in [0.25, 0.3) is 0 Å². The van der Waals surface area contributed by atoms with E-state index < -0.39 is 30.7 Å². The molecule has 1 aliphatic carbocycles. The third-order valence-corrected chi connectivity index (χ3v) is 6.94. The Morgan fingerprint density at radius 2 is 1.87 bits per heavy atom. The van der Waals surface area contributed by atoms with Gasteiger partial charge in [0.05, 0.1) is 0 Å². The van der Waals surface area contributed by atoms with Crippen LogP contribution in [0.15, 0.2) is 12.2 Å². The zero-order chi connectivity index (χ0) is 23.4. The molecule has 8 nitrogen and oxygen atoms in total. The van der Waals surface area contributed by atoms with Crippen molar-refractivity contribution in [3.63, 3.8) is 0 Å². The quantitative estimate of drug-likeness (QED) is 0.341. The largest absolute Gasteiger partial charge is 0.454 e. The number of carbonyl (C=O) groups is 4. The molecule has 2 fully saturated rings. The first kappa shape index (κ1) is 24.9. The van der Waals surface area contributed by atoms with Crippen LogP contribution in [0.5, 0.6) is 0 Å². The SMILES string of the molecule is C=C(C)CN(CC)C(=O)COC(=O)CN1C(=O)NC2(CCC(C(C)(C)CC)CC2)C1=O. The first-order valence-corrected chi connectivity index (χ1v) is 11.2. The van der Waals surface area contributed by atoms with Gasteiger partial charge >= 0.3 is 12.0 Å². The predicted molar refractivity (Wildman–Crippen MR) is 117 cm³/mol. The number of rotatable bonds is 9. The zero-order valence-electron chi connectivity index (χ0n) is 19.6. The van der Waals surface area contributed by atoms with Gasteiger partial charge in [-0.1, -0.05) is 39.3 Å². The molecule has 1 spiro atoms. The molecule has 1 N–H and O–H groups in total. The molecule has 2 aliphatic rings. The van der Waals surface area contributed by atoms with Crippen molar-refractivity contribution in [2.24, 2.45) is 11.3 Å². The maximum atomic E-state index is 13.0. The summed E-state index contributed by atoms with van der Waals surface area (Å²) in [6.45, 7) is 14.0. The monoisotopic (exact) mass is 435 g/mol. The third kappa shape index (κ3) is 5.66. The number of amides is 4. The molecule has 4 amide bonds. The van der Waals surface area contributed by atoms with E-state index in [1.165, 1.54) is 4.90 Å². The molecule has 1 saturated carbocycles. The summed E-state index contributed by atoms with van der Waals surface area (Å²) >= 11 is 0. The number of urea groups is 1. The van der Waals surface area contributed by atoms with Crippen LogP contribution in [0.3, 0.4) is 0 Å². The number of ether oxygens (including phenoxy) is 1. The summed E-state index contributed by atoms with van der Waals surface area (Å²) in [5.74, 6) is -0.991. The summed E-state index contributed by atoms with van der Waals surface area (Å²) in [6, 6.07) is -0.570. The fraction of sp³-hybridized carbons (Fsp3) is 0.739. The number of likely N-dealkylation sites (N-methyl/N-ethyl adjacent to an activating group) is 1. The van der Waals surface area contributed by atoms with Gasteiger partial charge in [-0.25, -0.2) is 4.79 Å². The van der Waals surface area contributed by atoms with Crippen molar-refractivity contribution in [1.29, 1.82) is 0 Å². The van der Waals surface area contributed by atoms with Gasteiger partial charge in [0.2, 0.25) is 0 Å². The Morgan fingerprint density at radius 1 is 1.26 bits per heavy atom. The molecule has 0 atom stereocenters. The highest BCUT2D eigenvalue weighted by molar-refractivity contribution is 6.08. The van der Waals surface area contributed by atoms with Crippen LogP contribution in [0, 0.1) is 11.3 Å². The summed E-state index contributed by atoms with van der Waals surface area (Å²) in [6.07, 6.45) is 3.91. The molecular weight excluding hydrogens is 398 g/mol. The van der Waals surface area contributed by atoms with Gasteiger partial charge in [-0.05, 0) is 50.9 Å². The lowest BCUT2D eigenvalue weighted by atomic mass is 9.65. The minimum atomic E-state index is -0.923. The maximum Gasteiger partial charge on any atom is 0.326 e. The number of hydrogen-bond donors (Lipinski definition) is 1. The van der Waals surface area contributed by atoms with E-state index in [2.05, 4.69) is 32.7 Å². The van der Waals surface area contributed by atoms with Crippen molar-refractivity contribution in [3.05, 3.63) is 12.2 Å². The Hall–Kier alpha value is -2.38. The third-order valence-electron chi connectivity index (χ3n) is 6.94. The average Bonchev–Trinajstić information content (AvgIpc) is 2.94. The van der Waals surface area contributed by atoms with E-state index >= 15 is 0 Å². The summed E-state index contributed by atoms with van der Waals surface area (Å²) < 4.78 is 5.05. The van der Waals surface area contributed by atoms with E-state index in [1.54, 1.807) is 0 Å². The Labute approximate surface area is 185 Å². The number of esters is 1. The summed E-state index contributed by atoms with van der Waals surface area (Å²) in [7, 11) is 0. The van der Waals surface area contributed by atoms with E-state index in [1.807, 2.05) is 13.8 Å². The molecule has 174 valence electrons. The number of hydrogen-bond acceptors (Lipinski definition) is 5.